The van der Waals surface area contributed by atoms with E-state index in [2.05, 4.69) is 20.6 Å². The van der Waals surface area contributed by atoms with E-state index in [1.165, 1.54) is 0 Å². The van der Waals surface area contributed by atoms with Gasteiger partial charge in [-0.25, -0.2) is 4.98 Å². The SMILES string of the molecule is COc1ccc(C)cc1Nc1nccc(NCCc2ccc(OC)c(OC)c2)n1. The first kappa shape index (κ1) is 20.3. The van der Waals surface area contributed by atoms with Crippen molar-refractivity contribution in [3.63, 3.8) is 0 Å². The lowest BCUT2D eigenvalue weighted by Gasteiger charge is -2.12. The van der Waals surface area contributed by atoms with E-state index in [0.29, 0.717) is 5.95 Å². The van der Waals surface area contributed by atoms with Crippen LogP contribution in [-0.4, -0.2) is 37.8 Å². The number of nitrogens with one attached hydrogen (secondary N) is 2. The largest absolute Gasteiger partial charge is 0.495 e. The molecule has 0 fully saturated rings. The fourth-order valence-electron chi connectivity index (χ4n) is 2.93. The zero-order valence-electron chi connectivity index (χ0n) is 17.2. The number of aryl methyl sites for hydroxylation is 1. The molecule has 0 bridgehead atoms. The van der Waals surface area contributed by atoms with E-state index in [1.54, 1.807) is 27.5 Å². The lowest BCUT2D eigenvalue weighted by atomic mass is 10.1. The smallest absolute Gasteiger partial charge is 0.229 e. The summed E-state index contributed by atoms with van der Waals surface area (Å²) in [6.07, 6.45) is 2.54. The highest BCUT2D eigenvalue weighted by Crippen LogP contribution is 2.28. The number of hydrogen-bond acceptors (Lipinski definition) is 7. The van der Waals surface area contributed by atoms with Crippen LogP contribution in [0.4, 0.5) is 17.5 Å². The van der Waals surface area contributed by atoms with Gasteiger partial charge in [-0.3, -0.25) is 0 Å². The standard InChI is InChI=1S/C22H26N4O3/c1-15-5-7-18(27-2)17(13-15)25-22-24-12-10-21(26-22)23-11-9-16-6-8-19(28-3)20(14-16)29-4/h5-8,10,12-14H,9,11H2,1-4H3,(H2,23,24,25,26). The Morgan fingerprint density at radius 2 is 1.62 bits per heavy atom. The second kappa shape index (κ2) is 9.64. The van der Waals surface area contributed by atoms with Crippen LogP contribution in [0.3, 0.4) is 0 Å². The van der Waals surface area contributed by atoms with Crippen LogP contribution >= 0.6 is 0 Å². The molecule has 2 aromatic carbocycles. The van der Waals surface area contributed by atoms with Gasteiger partial charge in [-0.1, -0.05) is 12.1 Å². The van der Waals surface area contributed by atoms with E-state index in [1.807, 2.05) is 49.4 Å². The maximum Gasteiger partial charge on any atom is 0.229 e. The molecule has 7 heteroatoms. The first-order chi connectivity index (χ1) is 14.1. The van der Waals surface area contributed by atoms with Crippen LogP contribution in [0.5, 0.6) is 17.2 Å². The summed E-state index contributed by atoms with van der Waals surface area (Å²) in [5, 5.41) is 6.55. The molecule has 0 aliphatic carbocycles. The molecule has 0 saturated carbocycles. The van der Waals surface area contributed by atoms with Gasteiger partial charge in [0, 0.05) is 12.7 Å². The van der Waals surface area contributed by atoms with Crippen LogP contribution in [0.1, 0.15) is 11.1 Å². The molecule has 29 heavy (non-hydrogen) atoms. The van der Waals surface area contributed by atoms with E-state index in [0.717, 1.165) is 52.8 Å². The summed E-state index contributed by atoms with van der Waals surface area (Å²) in [5.74, 6) is 3.44. The Hall–Kier alpha value is -3.48. The molecular formula is C22H26N4O3. The summed E-state index contributed by atoms with van der Waals surface area (Å²) in [6, 6.07) is 13.7. The summed E-state index contributed by atoms with van der Waals surface area (Å²) >= 11 is 0. The molecule has 3 aromatic rings. The highest BCUT2D eigenvalue weighted by molar-refractivity contribution is 5.64. The molecule has 0 aliphatic rings. The number of nitrogens with zero attached hydrogens (tertiary/aromatic N) is 2. The Kier molecular flexibility index (Phi) is 6.73. The lowest BCUT2D eigenvalue weighted by Crippen LogP contribution is -2.08. The van der Waals surface area contributed by atoms with Gasteiger partial charge >= 0.3 is 0 Å². The molecule has 0 unspecified atom stereocenters. The Labute approximate surface area is 171 Å². The highest BCUT2D eigenvalue weighted by Gasteiger charge is 2.07. The van der Waals surface area contributed by atoms with E-state index in [4.69, 9.17) is 14.2 Å². The number of aromatic nitrogens is 2. The quantitative estimate of drug-likeness (QED) is 0.563. The van der Waals surface area contributed by atoms with Crippen LogP contribution in [0.25, 0.3) is 0 Å². The van der Waals surface area contributed by atoms with Crippen molar-refractivity contribution in [3.8, 4) is 17.2 Å². The minimum Gasteiger partial charge on any atom is -0.495 e. The summed E-state index contributed by atoms with van der Waals surface area (Å²) in [6.45, 7) is 2.75. The molecule has 152 valence electrons. The Morgan fingerprint density at radius 3 is 2.38 bits per heavy atom. The second-order valence-electron chi connectivity index (χ2n) is 6.46. The van der Waals surface area contributed by atoms with Gasteiger partial charge in [-0.05, 0) is 54.8 Å². The number of anilines is 3. The number of benzene rings is 2. The third kappa shape index (κ3) is 5.28. The van der Waals surface area contributed by atoms with Crippen LogP contribution in [0.15, 0.2) is 48.7 Å². The Balaban J connectivity index is 1.63. The summed E-state index contributed by atoms with van der Waals surface area (Å²) in [4.78, 5) is 8.83. The van der Waals surface area contributed by atoms with Gasteiger partial charge in [0.15, 0.2) is 11.5 Å². The Morgan fingerprint density at radius 1 is 0.862 bits per heavy atom. The van der Waals surface area contributed by atoms with Crippen molar-refractivity contribution in [2.24, 2.45) is 0 Å². The molecule has 7 nitrogen and oxygen atoms in total. The van der Waals surface area contributed by atoms with Crippen molar-refractivity contribution < 1.29 is 14.2 Å². The van der Waals surface area contributed by atoms with E-state index in [9.17, 15) is 0 Å². The van der Waals surface area contributed by atoms with Crippen molar-refractivity contribution in [1.82, 2.24) is 9.97 Å². The van der Waals surface area contributed by atoms with Gasteiger partial charge in [0.2, 0.25) is 5.95 Å². The molecule has 0 radical (unpaired) electrons. The van der Waals surface area contributed by atoms with Crippen molar-refractivity contribution in [2.75, 3.05) is 38.5 Å². The van der Waals surface area contributed by atoms with E-state index >= 15 is 0 Å². The van der Waals surface area contributed by atoms with E-state index in [-0.39, 0.29) is 0 Å². The number of methoxy groups -OCH3 is 3. The molecule has 0 amide bonds. The molecule has 0 spiro atoms. The van der Waals surface area contributed by atoms with Crippen LogP contribution in [0, 0.1) is 6.92 Å². The Bertz CT molecular complexity index is 963. The minimum absolute atomic E-state index is 0.505. The zero-order valence-corrected chi connectivity index (χ0v) is 17.2. The number of hydrogen-bond donors (Lipinski definition) is 2. The highest BCUT2D eigenvalue weighted by atomic mass is 16.5. The van der Waals surface area contributed by atoms with Gasteiger partial charge in [0.1, 0.15) is 11.6 Å². The van der Waals surface area contributed by atoms with Gasteiger partial charge in [-0.15, -0.1) is 0 Å². The van der Waals surface area contributed by atoms with Crippen molar-refractivity contribution >= 4 is 17.5 Å². The first-order valence-electron chi connectivity index (χ1n) is 9.32. The number of rotatable bonds is 9. The molecule has 3 rings (SSSR count). The summed E-state index contributed by atoms with van der Waals surface area (Å²) in [7, 11) is 4.91. The molecule has 0 atom stereocenters. The minimum atomic E-state index is 0.505. The third-order valence-corrected chi connectivity index (χ3v) is 4.42. The van der Waals surface area contributed by atoms with Gasteiger partial charge < -0.3 is 24.8 Å². The molecule has 1 heterocycles. The maximum atomic E-state index is 5.40. The molecule has 0 saturated heterocycles. The fourth-order valence-corrected chi connectivity index (χ4v) is 2.93. The van der Waals surface area contributed by atoms with Crippen molar-refractivity contribution in [2.45, 2.75) is 13.3 Å². The lowest BCUT2D eigenvalue weighted by molar-refractivity contribution is 0.354. The summed E-state index contributed by atoms with van der Waals surface area (Å²) in [5.41, 5.74) is 3.10. The molecular weight excluding hydrogens is 368 g/mol. The monoisotopic (exact) mass is 394 g/mol. The molecule has 1 aromatic heterocycles. The number of ether oxygens (including phenoxy) is 3. The topological polar surface area (TPSA) is 77.5 Å². The average Bonchev–Trinajstić information content (AvgIpc) is 2.74. The zero-order chi connectivity index (χ0) is 20.6. The predicted molar refractivity (Wildman–Crippen MR) is 115 cm³/mol. The van der Waals surface area contributed by atoms with E-state index < -0.39 is 0 Å². The fraction of sp³-hybridized carbons (Fsp3) is 0.273. The van der Waals surface area contributed by atoms with Crippen LogP contribution < -0.4 is 24.8 Å². The molecule has 0 aliphatic heterocycles. The van der Waals surface area contributed by atoms with Gasteiger partial charge in [0.05, 0.1) is 27.0 Å². The third-order valence-electron chi connectivity index (χ3n) is 4.42. The maximum absolute atomic E-state index is 5.40. The van der Waals surface area contributed by atoms with Crippen LogP contribution in [0.2, 0.25) is 0 Å². The predicted octanol–water partition coefficient (Wildman–Crippen LogP) is 4.21. The average molecular weight is 394 g/mol. The van der Waals surface area contributed by atoms with Crippen LogP contribution in [-0.2, 0) is 6.42 Å². The van der Waals surface area contributed by atoms with Gasteiger partial charge in [0.25, 0.3) is 0 Å². The van der Waals surface area contributed by atoms with Crippen molar-refractivity contribution in [3.05, 3.63) is 59.8 Å². The van der Waals surface area contributed by atoms with Crippen molar-refractivity contribution in [1.29, 1.82) is 0 Å². The van der Waals surface area contributed by atoms with Gasteiger partial charge in [-0.2, -0.15) is 4.98 Å². The first-order valence-corrected chi connectivity index (χ1v) is 9.32. The molecule has 2 N–H and O–H groups in total. The second-order valence-corrected chi connectivity index (χ2v) is 6.46. The normalized spacial score (nSPS) is 10.3. The summed E-state index contributed by atoms with van der Waals surface area (Å²) < 4.78 is 16.0.